The number of amides is 1. The molecule has 1 heterocycles. The van der Waals surface area contributed by atoms with E-state index in [4.69, 9.17) is 22.2 Å². The zero-order valence-electron chi connectivity index (χ0n) is 19.7. The van der Waals surface area contributed by atoms with Crippen LogP contribution in [0.1, 0.15) is 11.1 Å². The Morgan fingerprint density at radius 1 is 1.13 bits per heavy atom. The van der Waals surface area contributed by atoms with E-state index in [0.717, 1.165) is 27.6 Å². The molecule has 3 aromatic carbocycles. The van der Waals surface area contributed by atoms with Gasteiger partial charge in [0.2, 0.25) is 11.1 Å². The quantitative estimate of drug-likeness (QED) is 0.0808. The topological polar surface area (TPSA) is 163 Å². The summed E-state index contributed by atoms with van der Waals surface area (Å²) in [5.41, 5.74) is 4.30. The van der Waals surface area contributed by atoms with Crippen molar-refractivity contribution in [1.29, 1.82) is 0 Å². The smallest absolute Gasteiger partial charge is 0.292 e. The van der Waals surface area contributed by atoms with E-state index in [1.54, 1.807) is 24.4 Å². The van der Waals surface area contributed by atoms with Crippen LogP contribution in [0.5, 0.6) is 5.75 Å². The molecule has 4 aromatic rings. The summed E-state index contributed by atoms with van der Waals surface area (Å²) in [6, 6.07) is 20.6. The maximum Gasteiger partial charge on any atom is 0.292 e. The summed E-state index contributed by atoms with van der Waals surface area (Å²) < 4.78 is 7.05. The van der Waals surface area contributed by atoms with Crippen LogP contribution in [0.3, 0.4) is 0 Å². The van der Waals surface area contributed by atoms with Gasteiger partial charge in [-0.15, -0.1) is 10.2 Å². The number of nitrogens with zero attached hydrogens (tertiary/aromatic N) is 5. The number of nitrogen functional groups attached to an aromatic ring is 1. The normalized spacial score (nSPS) is 10.9. The number of nitrogens with one attached hydrogen (secondary N) is 2. The van der Waals surface area contributed by atoms with Gasteiger partial charge >= 0.3 is 0 Å². The van der Waals surface area contributed by atoms with Gasteiger partial charge in [-0.3, -0.25) is 14.9 Å². The molecule has 38 heavy (non-hydrogen) atoms. The van der Waals surface area contributed by atoms with Crippen molar-refractivity contribution in [3.05, 3.63) is 99.1 Å². The van der Waals surface area contributed by atoms with Gasteiger partial charge < -0.3 is 15.9 Å². The fraction of sp³-hybridized carbons (Fsp3) is 0.0833. The number of carbonyl (C=O) groups excluding carboxylic acids is 1. The highest BCUT2D eigenvalue weighted by Gasteiger charge is 2.16. The van der Waals surface area contributed by atoms with E-state index < -0.39 is 10.8 Å². The molecule has 194 valence electrons. The second-order valence-electron chi connectivity index (χ2n) is 7.61. The molecule has 0 radical (unpaired) electrons. The number of anilines is 2. The third-order valence-corrected chi connectivity index (χ3v) is 6.16. The number of thioether (sulfide) groups is 1. The van der Waals surface area contributed by atoms with Crippen molar-refractivity contribution in [1.82, 2.24) is 14.9 Å². The van der Waals surface area contributed by atoms with Crippen LogP contribution in [-0.4, -0.2) is 37.7 Å². The molecule has 4 N–H and O–H groups in total. The lowest BCUT2D eigenvalue weighted by atomic mass is 10.2. The lowest BCUT2D eigenvalue weighted by Gasteiger charge is -2.09. The number of halogens is 1. The number of ether oxygens (including phenoxy) is 1. The van der Waals surface area contributed by atoms with Crippen molar-refractivity contribution < 1.29 is 14.5 Å². The minimum Gasteiger partial charge on any atom is -0.488 e. The van der Waals surface area contributed by atoms with Gasteiger partial charge in [0.1, 0.15) is 18.0 Å². The van der Waals surface area contributed by atoms with Crippen LogP contribution in [0.2, 0.25) is 5.02 Å². The number of aromatic nitrogens is 3. The summed E-state index contributed by atoms with van der Waals surface area (Å²) in [4.78, 5) is 22.8. The molecule has 0 saturated heterocycles. The molecular weight excluding hydrogens is 532 g/mol. The zero-order chi connectivity index (χ0) is 26.9. The minimum atomic E-state index is -0.568. The van der Waals surface area contributed by atoms with Gasteiger partial charge in [-0.1, -0.05) is 59.8 Å². The Morgan fingerprint density at radius 2 is 1.87 bits per heavy atom. The van der Waals surface area contributed by atoms with E-state index in [1.807, 2.05) is 36.4 Å². The highest BCUT2D eigenvalue weighted by molar-refractivity contribution is 7.99. The number of rotatable bonds is 11. The standard InChI is InChI=1S/C24H21ClN8O4S/c25-18-11-9-16(10-12-18)14-37-21-8-4-1-5-17(21)13-27-29-23-30-31-24(32(23)26)38-15-22(34)28-19-6-2-3-7-20(19)33(35)36/h1-13H,14-15,26H2,(H,28,34)(H,29,30)/b27-13+. The SMILES string of the molecule is Nn1c(N/N=C/c2ccccc2OCc2ccc(Cl)cc2)nnc1SCC(=O)Nc1ccccc1[N+](=O)[O-]. The molecule has 0 aliphatic heterocycles. The highest BCUT2D eigenvalue weighted by atomic mass is 35.5. The summed E-state index contributed by atoms with van der Waals surface area (Å²) in [5.74, 6) is 6.23. The van der Waals surface area contributed by atoms with Gasteiger partial charge in [0.25, 0.3) is 11.6 Å². The van der Waals surface area contributed by atoms with Crippen LogP contribution in [0.25, 0.3) is 0 Å². The highest BCUT2D eigenvalue weighted by Crippen LogP contribution is 2.24. The van der Waals surface area contributed by atoms with Gasteiger partial charge in [0.15, 0.2) is 0 Å². The molecule has 4 rings (SSSR count). The van der Waals surface area contributed by atoms with E-state index >= 15 is 0 Å². The van der Waals surface area contributed by atoms with Crippen molar-refractivity contribution >= 4 is 52.8 Å². The minimum absolute atomic E-state index is 0.0943. The van der Waals surface area contributed by atoms with Crippen molar-refractivity contribution in [3.63, 3.8) is 0 Å². The molecular formula is C24H21ClN8O4S. The Labute approximate surface area is 226 Å². The first-order valence-electron chi connectivity index (χ1n) is 11.0. The Morgan fingerprint density at radius 3 is 2.66 bits per heavy atom. The fourth-order valence-electron chi connectivity index (χ4n) is 3.13. The lowest BCUT2D eigenvalue weighted by Crippen LogP contribution is -2.17. The van der Waals surface area contributed by atoms with Crippen molar-refractivity contribution in [2.45, 2.75) is 11.8 Å². The van der Waals surface area contributed by atoms with Crippen LogP contribution < -0.4 is 21.3 Å². The summed E-state index contributed by atoms with van der Waals surface area (Å²) in [5, 5.41) is 26.6. The molecule has 0 aliphatic rings. The first-order chi connectivity index (χ1) is 18.4. The number of hydrazone groups is 1. The third-order valence-electron chi connectivity index (χ3n) is 4.97. The number of hydrogen-bond acceptors (Lipinski definition) is 10. The second-order valence-corrected chi connectivity index (χ2v) is 8.99. The van der Waals surface area contributed by atoms with E-state index in [9.17, 15) is 14.9 Å². The third kappa shape index (κ3) is 6.99. The Hall–Kier alpha value is -4.62. The number of nitro groups is 1. The predicted octanol–water partition coefficient (Wildman–Crippen LogP) is 4.31. The Kier molecular flexibility index (Phi) is 8.74. The molecule has 0 aliphatic carbocycles. The van der Waals surface area contributed by atoms with Crippen LogP contribution in [-0.2, 0) is 11.4 Å². The molecule has 0 spiro atoms. The van der Waals surface area contributed by atoms with Crippen LogP contribution >= 0.6 is 23.4 Å². The maximum atomic E-state index is 12.3. The van der Waals surface area contributed by atoms with Crippen LogP contribution in [0.4, 0.5) is 17.3 Å². The van der Waals surface area contributed by atoms with Crippen molar-refractivity contribution in [3.8, 4) is 5.75 Å². The average Bonchev–Trinajstić information content (AvgIpc) is 3.27. The number of carbonyl (C=O) groups is 1. The Balaban J connectivity index is 1.32. The number of nitrogens with two attached hydrogens (primary N) is 1. The molecule has 1 aromatic heterocycles. The average molecular weight is 553 g/mol. The van der Waals surface area contributed by atoms with Gasteiger partial charge in [0, 0.05) is 16.7 Å². The second kappa shape index (κ2) is 12.6. The summed E-state index contributed by atoms with van der Waals surface area (Å²) in [7, 11) is 0. The molecule has 1 amide bonds. The van der Waals surface area contributed by atoms with E-state index in [1.165, 1.54) is 18.2 Å². The molecule has 0 fully saturated rings. The van der Waals surface area contributed by atoms with Crippen molar-refractivity contribution in [2.75, 3.05) is 22.3 Å². The van der Waals surface area contributed by atoms with Gasteiger partial charge in [-0.25, -0.2) is 10.1 Å². The fourth-order valence-corrected chi connectivity index (χ4v) is 3.91. The molecule has 14 heteroatoms. The van der Waals surface area contributed by atoms with Crippen molar-refractivity contribution in [2.24, 2.45) is 5.10 Å². The zero-order valence-corrected chi connectivity index (χ0v) is 21.2. The monoisotopic (exact) mass is 552 g/mol. The molecule has 0 atom stereocenters. The largest absolute Gasteiger partial charge is 0.488 e. The molecule has 0 bridgehead atoms. The lowest BCUT2D eigenvalue weighted by molar-refractivity contribution is -0.383. The van der Waals surface area contributed by atoms with Gasteiger partial charge in [-0.05, 0) is 35.9 Å². The molecule has 0 saturated carbocycles. The number of benzene rings is 3. The van der Waals surface area contributed by atoms with E-state index in [0.29, 0.717) is 17.4 Å². The predicted molar refractivity (Wildman–Crippen MR) is 146 cm³/mol. The molecule has 0 unspecified atom stereocenters. The number of hydrogen-bond donors (Lipinski definition) is 3. The van der Waals surface area contributed by atoms with E-state index in [-0.39, 0.29) is 28.2 Å². The molecule has 12 nitrogen and oxygen atoms in total. The number of nitro benzene ring substituents is 1. The van der Waals surface area contributed by atoms with Crippen LogP contribution in [0, 0.1) is 10.1 Å². The first-order valence-corrected chi connectivity index (χ1v) is 12.4. The summed E-state index contributed by atoms with van der Waals surface area (Å²) in [6.07, 6.45) is 1.55. The summed E-state index contributed by atoms with van der Waals surface area (Å²) >= 11 is 6.93. The van der Waals surface area contributed by atoms with Gasteiger partial charge in [0.05, 0.1) is 16.9 Å². The van der Waals surface area contributed by atoms with E-state index in [2.05, 4.69) is 26.0 Å². The first kappa shape index (κ1) is 26.4. The summed E-state index contributed by atoms with van der Waals surface area (Å²) in [6.45, 7) is 0.359. The number of para-hydroxylation sites is 3. The van der Waals surface area contributed by atoms with Gasteiger partial charge in [-0.2, -0.15) is 5.10 Å². The maximum absolute atomic E-state index is 12.3. The van der Waals surface area contributed by atoms with Crippen LogP contribution in [0.15, 0.2) is 83.1 Å². The Bertz CT molecular complexity index is 1460.